The number of allylic oxidation sites excluding steroid dienone is 1. The van der Waals surface area contributed by atoms with Crippen molar-refractivity contribution >= 4 is 59.7 Å². The van der Waals surface area contributed by atoms with Crippen LogP contribution >= 0.6 is 41.7 Å². The maximum Gasteiger partial charge on any atom is 0.188 e. The summed E-state index contributed by atoms with van der Waals surface area (Å²) in [5.41, 5.74) is 1.79. The van der Waals surface area contributed by atoms with E-state index in [0.29, 0.717) is 11.6 Å². The second kappa shape index (κ2) is 10.5. The van der Waals surface area contributed by atoms with Crippen LogP contribution in [0.2, 0.25) is 5.02 Å². The minimum Gasteiger partial charge on any atom is -0.472 e. The van der Waals surface area contributed by atoms with E-state index in [-0.39, 0.29) is 6.79 Å². The number of halogens is 2. The molecular weight excluding hydrogens is 409 g/mol. The summed E-state index contributed by atoms with van der Waals surface area (Å²) in [6.07, 6.45) is 3.66. The molecule has 0 amide bonds. The molecule has 0 aliphatic rings. The van der Waals surface area contributed by atoms with Crippen LogP contribution in [-0.2, 0) is 9.47 Å². The van der Waals surface area contributed by atoms with Crippen LogP contribution in [-0.4, -0.2) is 25.4 Å². The Hall–Kier alpha value is -0.240. The molecule has 110 valence electrons. The van der Waals surface area contributed by atoms with E-state index in [4.69, 9.17) is 21.1 Å². The third kappa shape index (κ3) is 6.97. The van der Waals surface area contributed by atoms with Crippen molar-refractivity contribution in [3.05, 3.63) is 34.5 Å². The van der Waals surface area contributed by atoms with Gasteiger partial charge in [0.2, 0.25) is 0 Å². The number of nitrogens with zero attached hydrogens (tertiary/aromatic N) is 1. The maximum absolute atomic E-state index is 6.01. The van der Waals surface area contributed by atoms with Gasteiger partial charge >= 0.3 is 0 Å². The van der Waals surface area contributed by atoms with Gasteiger partial charge in [0.1, 0.15) is 0 Å². The third-order valence-corrected chi connectivity index (χ3v) is 4.17. The molecular formula is C14H17ClINO2S. The monoisotopic (exact) mass is 425 g/mol. The first-order chi connectivity index (χ1) is 9.67. The zero-order valence-electron chi connectivity index (χ0n) is 11.4. The van der Waals surface area contributed by atoms with Gasteiger partial charge < -0.3 is 9.47 Å². The molecule has 3 nitrogen and oxygen atoms in total. The fourth-order valence-electron chi connectivity index (χ4n) is 1.44. The highest BCUT2D eigenvalue weighted by molar-refractivity contribution is 14.2. The summed E-state index contributed by atoms with van der Waals surface area (Å²) < 4.78 is 10.8. The van der Waals surface area contributed by atoms with Crippen molar-refractivity contribution in [3.8, 4) is 0 Å². The Morgan fingerprint density at radius 3 is 3.00 bits per heavy atom. The quantitative estimate of drug-likeness (QED) is 0.181. The summed E-state index contributed by atoms with van der Waals surface area (Å²) in [7, 11) is 1.72. The summed E-state index contributed by atoms with van der Waals surface area (Å²) in [4.78, 5) is 4.30. The van der Waals surface area contributed by atoms with E-state index in [1.165, 1.54) is 0 Å². The number of ether oxygens (including phenoxy) is 2. The molecule has 0 aliphatic carbocycles. The number of hydrogen-bond acceptors (Lipinski definition) is 4. The van der Waals surface area contributed by atoms with Crippen molar-refractivity contribution in [3.63, 3.8) is 0 Å². The standard InChI is InChI=1S/C14H17ClINO2S/c1-3-17-14-5-4-13(15)9-12(14)8-11(2)19-10-18-6-7-20-16/h3-5,8-9H,6-7,10H2,1-2H3/b11-8+,17-3?. The normalized spacial score (nSPS) is 12.1. The topological polar surface area (TPSA) is 30.8 Å². The smallest absolute Gasteiger partial charge is 0.188 e. The van der Waals surface area contributed by atoms with Crippen LogP contribution in [0.3, 0.4) is 0 Å². The maximum atomic E-state index is 6.01. The van der Waals surface area contributed by atoms with E-state index in [1.807, 2.05) is 38.1 Å². The van der Waals surface area contributed by atoms with Gasteiger partial charge in [-0.3, -0.25) is 4.99 Å². The molecule has 1 aromatic carbocycles. The van der Waals surface area contributed by atoms with Crippen molar-refractivity contribution in [2.75, 3.05) is 19.2 Å². The van der Waals surface area contributed by atoms with Gasteiger partial charge in [0.25, 0.3) is 0 Å². The second-order valence-electron chi connectivity index (χ2n) is 3.83. The lowest BCUT2D eigenvalue weighted by molar-refractivity contribution is -0.0147. The number of benzene rings is 1. The minimum absolute atomic E-state index is 0.256. The van der Waals surface area contributed by atoms with Crippen molar-refractivity contribution < 1.29 is 9.47 Å². The fourth-order valence-corrected chi connectivity index (χ4v) is 2.34. The molecule has 0 saturated heterocycles. The molecule has 1 aromatic rings. The molecule has 0 aliphatic heterocycles. The molecule has 0 unspecified atom stereocenters. The first kappa shape index (κ1) is 17.8. The van der Waals surface area contributed by atoms with Crippen molar-refractivity contribution in [2.45, 2.75) is 13.8 Å². The van der Waals surface area contributed by atoms with E-state index < -0.39 is 0 Å². The molecule has 1 rings (SSSR count). The average molecular weight is 426 g/mol. The van der Waals surface area contributed by atoms with Crippen LogP contribution in [0.25, 0.3) is 6.08 Å². The highest BCUT2D eigenvalue weighted by Crippen LogP contribution is 2.25. The Morgan fingerprint density at radius 1 is 1.50 bits per heavy atom. The van der Waals surface area contributed by atoms with Crippen LogP contribution in [0, 0.1) is 0 Å². The van der Waals surface area contributed by atoms with E-state index >= 15 is 0 Å². The molecule has 6 heteroatoms. The first-order valence-electron chi connectivity index (χ1n) is 6.08. The summed E-state index contributed by atoms with van der Waals surface area (Å²) >= 11 is 8.25. The predicted molar refractivity (Wildman–Crippen MR) is 97.3 cm³/mol. The van der Waals surface area contributed by atoms with Crippen molar-refractivity contribution in [1.82, 2.24) is 0 Å². The molecule has 0 atom stereocenters. The van der Waals surface area contributed by atoms with Gasteiger partial charge in [-0.25, -0.2) is 0 Å². The molecule has 0 fully saturated rings. The summed E-state index contributed by atoms with van der Waals surface area (Å²) in [6, 6.07) is 5.57. The third-order valence-electron chi connectivity index (χ3n) is 2.29. The van der Waals surface area contributed by atoms with Crippen LogP contribution in [0.4, 0.5) is 5.69 Å². The summed E-state index contributed by atoms with van der Waals surface area (Å²) in [5.74, 6) is 1.72. The SMILES string of the molecule is CC=Nc1ccc(Cl)cc1/C=C(\C)OCOCCSI. The summed E-state index contributed by atoms with van der Waals surface area (Å²) in [5, 5.41) is 0.675. The zero-order chi connectivity index (χ0) is 14.8. The van der Waals surface area contributed by atoms with Gasteiger partial charge in [0.05, 0.1) is 18.1 Å². The van der Waals surface area contributed by atoms with Gasteiger partial charge in [-0.05, 0) is 59.3 Å². The van der Waals surface area contributed by atoms with Gasteiger partial charge in [0, 0.05) is 22.6 Å². The molecule has 0 radical (unpaired) electrons. The Morgan fingerprint density at radius 2 is 2.30 bits per heavy atom. The largest absolute Gasteiger partial charge is 0.472 e. The molecule has 20 heavy (non-hydrogen) atoms. The van der Waals surface area contributed by atoms with Gasteiger partial charge in [0.15, 0.2) is 6.79 Å². The lowest BCUT2D eigenvalue weighted by Gasteiger charge is -2.08. The van der Waals surface area contributed by atoms with Crippen LogP contribution in [0.5, 0.6) is 0 Å². The molecule has 0 aromatic heterocycles. The predicted octanol–water partition coefficient (Wildman–Crippen LogP) is 5.50. The van der Waals surface area contributed by atoms with Crippen LogP contribution in [0.15, 0.2) is 29.0 Å². The van der Waals surface area contributed by atoms with Gasteiger partial charge in [-0.15, -0.1) is 0 Å². The van der Waals surface area contributed by atoms with Crippen LogP contribution in [0.1, 0.15) is 19.4 Å². The Balaban J connectivity index is 2.64. The Labute approximate surface area is 141 Å². The molecule has 0 saturated carbocycles. The first-order valence-corrected chi connectivity index (χ1v) is 9.98. The molecule has 0 bridgehead atoms. The van der Waals surface area contributed by atoms with E-state index in [1.54, 1.807) is 15.1 Å². The van der Waals surface area contributed by atoms with Crippen molar-refractivity contribution in [1.29, 1.82) is 0 Å². The second-order valence-corrected chi connectivity index (χ2v) is 6.76. The average Bonchev–Trinajstić information content (AvgIpc) is 2.42. The lowest BCUT2D eigenvalue weighted by Crippen LogP contribution is -2.01. The summed E-state index contributed by atoms with van der Waals surface area (Å²) in [6.45, 7) is 4.71. The minimum atomic E-state index is 0.256. The lowest BCUT2D eigenvalue weighted by atomic mass is 10.1. The number of hydrogen-bond donors (Lipinski definition) is 0. The zero-order valence-corrected chi connectivity index (χ0v) is 15.2. The Bertz CT molecular complexity index is 480. The highest BCUT2D eigenvalue weighted by Gasteiger charge is 2.01. The van der Waals surface area contributed by atoms with Gasteiger partial charge in [-0.1, -0.05) is 20.5 Å². The van der Waals surface area contributed by atoms with E-state index in [2.05, 4.69) is 26.2 Å². The van der Waals surface area contributed by atoms with E-state index in [0.717, 1.165) is 22.8 Å². The number of rotatable bonds is 8. The molecule has 0 N–H and O–H groups in total. The Kier molecular flexibility index (Phi) is 9.33. The number of aliphatic imine (C=N–C) groups is 1. The fraction of sp³-hybridized carbons (Fsp3) is 0.357. The molecule has 0 spiro atoms. The van der Waals surface area contributed by atoms with Crippen LogP contribution < -0.4 is 0 Å². The van der Waals surface area contributed by atoms with E-state index in [9.17, 15) is 0 Å². The van der Waals surface area contributed by atoms with Gasteiger partial charge in [-0.2, -0.15) is 0 Å². The molecule has 0 heterocycles. The van der Waals surface area contributed by atoms with Crippen molar-refractivity contribution in [2.24, 2.45) is 4.99 Å². The highest BCUT2D eigenvalue weighted by atomic mass is 127.